The van der Waals surface area contributed by atoms with Gasteiger partial charge in [-0.15, -0.1) is 0 Å². The molecule has 0 spiro atoms. The van der Waals surface area contributed by atoms with Gasteiger partial charge in [-0.05, 0) is 38.1 Å². The maximum absolute atomic E-state index is 13.5. The van der Waals surface area contributed by atoms with E-state index in [4.69, 9.17) is 4.84 Å². The van der Waals surface area contributed by atoms with Gasteiger partial charge in [0.05, 0.1) is 37.0 Å². The molecule has 1 N–H and O–H groups in total. The van der Waals surface area contributed by atoms with Crippen LogP contribution in [0.25, 0.3) is 0 Å². The van der Waals surface area contributed by atoms with Crippen LogP contribution in [0.2, 0.25) is 0 Å². The number of hydrogen-bond donors (Lipinski definition) is 1. The fourth-order valence-corrected chi connectivity index (χ4v) is 3.57. The molecular weight excluding hydrogens is 425 g/mol. The van der Waals surface area contributed by atoms with Gasteiger partial charge in [-0.2, -0.15) is 23.4 Å². The maximum atomic E-state index is 13.5. The first-order valence-corrected chi connectivity index (χ1v) is 10.2. The molecule has 32 heavy (non-hydrogen) atoms. The van der Waals surface area contributed by atoms with Crippen LogP contribution in [-0.2, 0) is 11.0 Å². The van der Waals surface area contributed by atoms with Crippen molar-refractivity contribution in [2.45, 2.75) is 26.1 Å². The average molecular weight is 448 g/mol. The number of hydrogen-bond acceptors (Lipinski definition) is 7. The molecule has 11 heteroatoms. The number of nitrogens with zero attached hydrogens (tertiary/aromatic N) is 5. The molecule has 1 fully saturated rings. The predicted octanol–water partition coefficient (Wildman–Crippen LogP) is 3.00. The highest BCUT2D eigenvalue weighted by molar-refractivity contribution is 6.00. The molecule has 0 aliphatic carbocycles. The SMILES string of the molecule is Cc1ccc(N2N=CCN2)c(C(=O)N2CCN(c3cccc(C(F)(F)F)n3)OC[C@H]2C)c1. The van der Waals surface area contributed by atoms with Crippen LogP contribution in [0.1, 0.15) is 28.5 Å². The molecule has 0 radical (unpaired) electrons. The van der Waals surface area contributed by atoms with Crippen LogP contribution >= 0.6 is 0 Å². The number of amides is 1. The van der Waals surface area contributed by atoms with Crippen LogP contribution in [0.15, 0.2) is 41.5 Å². The van der Waals surface area contributed by atoms with Crippen LogP contribution < -0.4 is 15.6 Å². The molecule has 4 rings (SSSR count). The number of benzene rings is 1. The van der Waals surface area contributed by atoms with Gasteiger partial charge in [-0.1, -0.05) is 17.7 Å². The highest BCUT2D eigenvalue weighted by atomic mass is 19.4. The number of pyridine rings is 1. The van der Waals surface area contributed by atoms with Crippen LogP contribution in [-0.4, -0.2) is 54.3 Å². The topological polar surface area (TPSA) is 73.3 Å². The van der Waals surface area contributed by atoms with E-state index < -0.39 is 11.9 Å². The Morgan fingerprint density at radius 1 is 1.22 bits per heavy atom. The number of hydrazine groups is 1. The Labute approximate surface area is 183 Å². The molecule has 2 aromatic rings. The van der Waals surface area contributed by atoms with Gasteiger partial charge >= 0.3 is 6.18 Å². The number of rotatable bonds is 3. The molecule has 0 unspecified atom stereocenters. The summed E-state index contributed by atoms with van der Waals surface area (Å²) in [6.45, 7) is 4.84. The number of halogens is 3. The van der Waals surface area contributed by atoms with Gasteiger partial charge in [0.15, 0.2) is 5.82 Å². The lowest BCUT2D eigenvalue weighted by atomic mass is 10.1. The third kappa shape index (κ3) is 4.53. The molecule has 170 valence electrons. The number of carbonyl (C=O) groups is 1. The highest BCUT2D eigenvalue weighted by Gasteiger charge is 2.34. The number of carbonyl (C=O) groups excluding carboxylic acids is 1. The van der Waals surface area contributed by atoms with Crippen molar-refractivity contribution in [1.29, 1.82) is 0 Å². The predicted molar refractivity (Wildman–Crippen MR) is 113 cm³/mol. The van der Waals surface area contributed by atoms with Crippen molar-refractivity contribution < 1.29 is 22.8 Å². The van der Waals surface area contributed by atoms with Crippen molar-refractivity contribution in [2.24, 2.45) is 5.10 Å². The van der Waals surface area contributed by atoms with E-state index in [1.165, 1.54) is 17.2 Å². The number of nitrogens with one attached hydrogen (secondary N) is 1. The minimum atomic E-state index is -4.55. The third-order valence-corrected chi connectivity index (χ3v) is 5.23. The van der Waals surface area contributed by atoms with Crippen molar-refractivity contribution in [3.05, 3.63) is 53.2 Å². The Kier molecular flexibility index (Phi) is 6.02. The lowest BCUT2D eigenvalue weighted by Gasteiger charge is -2.28. The summed E-state index contributed by atoms with van der Waals surface area (Å²) in [5, 5.41) is 7.10. The van der Waals surface area contributed by atoms with Crippen LogP contribution in [0.3, 0.4) is 0 Å². The summed E-state index contributed by atoms with van der Waals surface area (Å²) in [5.41, 5.74) is 4.11. The van der Waals surface area contributed by atoms with E-state index in [9.17, 15) is 18.0 Å². The summed E-state index contributed by atoms with van der Waals surface area (Å²) in [5.74, 6) is -0.157. The molecule has 3 heterocycles. The van der Waals surface area contributed by atoms with Crippen LogP contribution in [0.5, 0.6) is 0 Å². The van der Waals surface area contributed by atoms with E-state index in [0.717, 1.165) is 11.6 Å². The number of alkyl halides is 3. The van der Waals surface area contributed by atoms with Gasteiger partial charge in [0.2, 0.25) is 0 Å². The van der Waals surface area contributed by atoms with E-state index in [1.54, 1.807) is 22.3 Å². The van der Waals surface area contributed by atoms with Gasteiger partial charge in [0.1, 0.15) is 5.69 Å². The molecule has 8 nitrogen and oxygen atoms in total. The molecule has 1 atom stereocenters. The van der Waals surface area contributed by atoms with E-state index in [2.05, 4.69) is 15.5 Å². The van der Waals surface area contributed by atoms with E-state index in [1.807, 2.05) is 26.0 Å². The molecule has 1 amide bonds. The van der Waals surface area contributed by atoms with Crippen molar-refractivity contribution in [3.8, 4) is 0 Å². The second kappa shape index (κ2) is 8.75. The minimum absolute atomic E-state index is 0.0492. The first kappa shape index (κ1) is 22.0. The molecule has 0 saturated carbocycles. The Morgan fingerprint density at radius 2 is 2.03 bits per heavy atom. The van der Waals surface area contributed by atoms with Gasteiger partial charge < -0.3 is 4.90 Å². The summed E-state index contributed by atoms with van der Waals surface area (Å²) in [7, 11) is 0. The number of hydrazone groups is 1. The molecule has 1 aromatic carbocycles. The number of anilines is 2. The summed E-state index contributed by atoms with van der Waals surface area (Å²) in [6, 6.07) is 8.88. The van der Waals surface area contributed by atoms with Crippen LogP contribution in [0.4, 0.5) is 24.7 Å². The molecule has 1 saturated heterocycles. The largest absolute Gasteiger partial charge is 0.433 e. The van der Waals surface area contributed by atoms with Crippen molar-refractivity contribution in [1.82, 2.24) is 15.3 Å². The Morgan fingerprint density at radius 3 is 2.75 bits per heavy atom. The number of aryl methyl sites for hydroxylation is 1. The Bertz CT molecular complexity index is 1030. The van der Waals surface area contributed by atoms with Gasteiger partial charge in [-0.3, -0.25) is 9.63 Å². The lowest BCUT2D eigenvalue weighted by Crippen LogP contribution is -2.42. The van der Waals surface area contributed by atoms with Crippen molar-refractivity contribution in [3.63, 3.8) is 0 Å². The maximum Gasteiger partial charge on any atom is 0.433 e. The molecule has 1 aromatic heterocycles. The molecule has 2 aliphatic heterocycles. The lowest BCUT2D eigenvalue weighted by molar-refractivity contribution is -0.141. The zero-order valence-corrected chi connectivity index (χ0v) is 17.6. The van der Waals surface area contributed by atoms with E-state index >= 15 is 0 Å². The quantitative estimate of drug-likeness (QED) is 0.779. The molecular formula is C21H23F3N6O2. The number of aromatic nitrogens is 1. The summed E-state index contributed by atoms with van der Waals surface area (Å²) >= 11 is 0. The first-order valence-electron chi connectivity index (χ1n) is 10.2. The number of hydroxylamine groups is 1. The Balaban J connectivity index is 1.56. The monoisotopic (exact) mass is 448 g/mol. The smallest absolute Gasteiger partial charge is 0.332 e. The van der Waals surface area contributed by atoms with Crippen molar-refractivity contribution >= 4 is 23.6 Å². The highest BCUT2D eigenvalue weighted by Crippen LogP contribution is 2.30. The average Bonchev–Trinajstić information content (AvgIpc) is 3.22. The summed E-state index contributed by atoms with van der Waals surface area (Å²) in [6.07, 6.45) is -2.85. The van der Waals surface area contributed by atoms with E-state index in [-0.39, 0.29) is 37.5 Å². The van der Waals surface area contributed by atoms with Crippen molar-refractivity contribution in [2.75, 3.05) is 36.4 Å². The standard InChI is InChI=1S/C21H23F3N6O2/c1-14-6-7-17(30-25-8-9-26-30)16(12-14)20(31)28-10-11-29(32-13-15(28)2)19-5-3-4-18(27-19)21(22,23)24/h3-8,12,15,26H,9-11,13H2,1-2H3/t15-/m1/s1. The fraction of sp³-hybridized carbons (Fsp3) is 0.381. The minimum Gasteiger partial charge on any atom is -0.332 e. The fourth-order valence-electron chi connectivity index (χ4n) is 3.57. The second-order valence-corrected chi connectivity index (χ2v) is 7.62. The second-order valence-electron chi connectivity index (χ2n) is 7.62. The zero-order chi connectivity index (χ0) is 22.9. The van der Waals surface area contributed by atoms with Crippen LogP contribution in [0, 0.1) is 6.92 Å². The van der Waals surface area contributed by atoms with Gasteiger partial charge in [0, 0.05) is 12.8 Å². The van der Waals surface area contributed by atoms with Gasteiger partial charge in [-0.25, -0.2) is 15.5 Å². The molecule has 0 bridgehead atoms. The summed E-state index contributed by atoms with van der Waals surface area (Å²) in [4.78, 5) is 24.5. The van der Waals surface area contributed by atoms with E-state index in [0.29, 0.717) is 17.8 Å². The normalized spacial score (nSPS) is 19.4. The molecule has 2 aliphatic rings. The summed E-state index contributed by atoms with van der Waals surface area (Å²) < 4.78 is 39.1. The van der Waals surface area contributed by atoms with Gasteiger partial charge in [0.25, 0.3) is 5.91 Å². The third-order valence-electron chi connectivity index (χ3n) is 5.23. The Hall–Kier alpha value is -3.18. The zero-order valence-electron chi connectivity index (χ0n) is 17.6. The first-order chi connectivity index (χ1) is 15.2.